The van der Waals surface area contributed by atoms with Crippen molar-refractivity contribution in [1.29, 1.82) is 0 Å². The highest BCUT2D eigenvalue weighted by Crippen LogP contribution is 2.73. The Morgan fingerprint density at radius 3 is 2.52 bits per heavy atom. The molecule has 1 unspecified atom stereocenters. The van der Waals surface area contributed by atoms with Gasteiger partial charge in [-0.25, -0.2) is 0 Å². The molecule has 2 fully saturated rings. The second-order valence-electron chi connectivity index (χ2n) is 8.56. The minimum absolute atomic E-state index is 0.0595. The lowest BCUT2D eigenvalue weighted by molar-refractivity contribution is -0.168. The summed E-state index contributed by atoms with van der Waals surface area (Å²) in [5, 5.41) is 10.4. The van der Waals surface area contributed by atoms with Gasteiger partial charge >= 0.3 is 0 Å². The van der Waals surface area contributed by atoms with Crippen molar-refractivity contribution in [2.24, 2.45) is 34.5 Å². The van der Waals surface area contributed by atoms with Gasteiger partial charge in [0.1, 0.15) is 0 Å². The molecule has 0 aromatic heterocycles. The van der Waals surface area contributed by atoms with E-state index in [9.17, 15) is 14.7 Å². The fraction of sp³-hybridized carbons (Fsp3) is 0.700. The Labute approximate surface area is 137 Å². The summed E-state index contributed by atoms with van der Waals surface area (Å²) in [5.41, 5.74) is 0.100. The first kappa shape index (κ1) is 15.2. The van der Waals surface area contributed by atoms with Crippen LogP contribution in [0.4, 0.5) is 0 Å². The lowest BCUT2D eigenvalue weighted by Gasteiger charge is -2.61. The van der Waals surface area contributed by atoms with Crippen molar-refractivity contribution in [3.8, 4) is 0 Å². The Bertz CT molecular complexity index is 685. The minimum atomic E-state index is -0.811. The number of rotatable bonds is 0. The molecule has 0 aromatic carbocycles. The molecule has 1 spiro atoms. The molecule has 2 saturated carbocycles. The van der Waals surface area contributed by atoms with E-state index in [4.69, 9.17) is 0 Å². The van der Waals surface area contributed by atoms with Crippen molar-refractivity contribution in [3.63, 3.8) is 0 Å². The van der Waals surface area contributed by atoms with Gasteiger partial charge in [0.25, 0.3) is 0 Å². The van der Waals surface area contributed by atoms with Crippen LogP contribution in [0.1, 0.15) is 53.4 Å². The maximum atomic E-state index is 13.5. The zero-order valence-corrected chi connectivity index (χ0v) is 14.5. The van der Waals surface area contributed by atoms with Gasteiger partial charge in [0.05, 0.1) is 10.8 Å². The summed E-state index contributed by atoms with van der Waals surface area (Å²) in [6.07, 6.45) is 6.01. The molecule has 0 aliphatic heterocycles. The SMILES string of the molecule is CC1=C[C@@]23C(=O)C(O)=C(C)C(=O)C24[C@H](C1)C[C@H](C)[C@H]4CC[C@H]3C. The number of aliphatic hydroxyl groups is 1. The molecule has 4 aliphatic rings. The molecule has 124 valence electrons. The molecule has 23 heavy (non-hydrogen) atoms. The van der Waals surface area contributed by atoms with Crippen molar-refractivity contribution in [3.05, 3.63) is 23.0 Å². The van der Waals surface area contributed by atoms with Crippen LogP contribution in [-0.2, 0) is 9.59 Å². The number of ketones is 2. The highest BCUT2D eigenvalue weighted by molar-refractivity contribution is 6.17. The molecule has 0 bridgehead atoms. The lowest BCUT2D eigenvalue weighted by atomic mass is 9.39. The van der Waals surface area contributed by atoms with Crippen LogP contribution in [0, 0.1) is 34.5 Å². The van der Waals surface area contributed by atoms with Gasteiger partial charge in [-0.1, -0.05) is 25.5 Å². The number of Topliss-reactive ketones (excluding diaryl/α,β-unsaturated/α-hetero) is 2. The van der Waals surface area contributed by atoms with Crippen LogP contribution < -0.4 is 0 Å². The second-order valence-corrected chi connectivity index (χ2v) is 8.56. The van der Waals surface area contributed by atoms with Gasteiger partial charge < -0.3 is 5.11 Å². The normalized spacial score (nSPS) is 49.0. The molecule has 4 rings (SSSR count). The summed E-state index contributed by atoms with van der Waals surface area (Å²) < 4.78 is 0. The highest BCUT2D eigenvalue weighted by Gasteiger charge is 2.75. The quantitative estimate of drug-likeness (QED) is 0.688. The van der Waals surface area contributed by atoms with Crippen molar-refractivity contribution in [1.82, 2.24) is 0 Å². The Balaban J connectivity index is 2.12. The number of carbonyl (C=O) groups excluding carboxylic acids is 2. The molecule has 0 amide bonds. The second kappa shape index (κ2) is 4.37. The fourth-order valence-corrected chi connectivity index (χ4v) is 6.92. The number of hydrogen-bond donors (Lipinski definition) is 1. The first-order chi connectivity index (χ1) is 10.8. The molecule has 0 aromatic rings. The van der Waals surface area contributed by atoms with Gasteiger partial charge in [-0.15, -0.1) is 0 Å². The summed E-state index contributed by atoms with van der Waals surface area (Å²) >= 11 is 0. The highest BCUT2D eigenvalue weighted by atomic mass is 16.3. The lowest BCUT2D eigenvalue weighted by Crippen LogP contribution is -2.66. The van der Waals surface area contributed by atoms with E-state index in [-0.39, 0.29) is 35.1 Å². The van der Waals surface area contributed by atoms with Crippen LogP contribution in [0.2, 0.25) is 0 Å². The molecule has 3 nitrogen and oxygen atoms in total. The maximum Gasteiger partial charge on any atom is 0.208 e. The number of allylic oxidation sites excluding steroid dienone is 4. The summed E-state index contributed by atoms with van der Waals surface area (Å²) in [4.78, 5) is 26.9. The van der Waals surface area contributed by atoms with E-state index in [1.807, 2.05) is 0 Å². The molecule has 0 radical (unpaired) electrons. The van der Waals surface area contributed by atoms with Gasteiger partial charge in [0.15, 0.2) is 11.5 Å². The van der Waals surface area contributed by atoms with Crippen LogP contribution in [-0.4, -0.2) is 16.7 Å². The Kier molecular flexibility index (Phi) is 2.88. The smallest absolute Gasteiger partial charge is 0.208 e. The number of hydrogen-bond acceptors (Lipinski definition) is 3. The number of carbonyl (C=O) groups is 2. The molecule has 1 N–H and O–H groups in total. The molecular weight excluding hydrogens is 288 g/mol. The Hall–Kier alpha value is -1.38. The Morgan fingerprint density at radius 1 is 1.13 bits per heavy atom. The van der Waals surface area contributed by atoms with Crippen LogP contribution in [0.25, 0.3) is 0 Å². The predicted molar refractivity (Wildman–Crippen MR) is 87.7 cm³/mol. The van der Waals surface area contributed by atoms with Gasteiger partial charge in [-0.05, 0) is 63.2 Å². The maximum absolute atomic E-state index is 13.5. The number of aliphatic hydroxyl groups excluding tert-OH is 1. The summed E-state index contributed by atoms with van der Waals surface area (Å²) in [6.45, 7) is 8.08. The van der Waals surface area contributed by atoms with E-state index in [0.717, 1.165) is 25.7 Å². The average Bonchev–Trinajstić information content (AvgIpc) is 2.79. The van der Waals surface area contributed by atoms with Crippen molar-refractivity contribution >= 4 is 11.6 Å². The third-order valence-corrected chi connectivity index (χ3v) is 7.65. The fourth-order valence-electron chi connectivity index (χ4n) is 6.92. The molecule has 3 heteroatoms. The standard InChI is InChI=1S/C20H26O3/c1-10-7-14-8-11(2)15-6-5-12(3)19(9-10)18(23)16(21)13(4)17(22)20(14,15)19/h9,11-12,14-15,21H,5-8H2,1-4H3/t11-,12+,14+,15+,19+,20?/m0/s1. The van der Waals surface area contributed by atoms with Gasteiger partial charge in [0.2, 0.25) is 5.78 Å². The monoisotopic (exact) mass is 314 g/mol. The van der Waals surface area contributed by atoms with Gasteiger partial charge in [-0.2, -0.15) is 0 Å². The van der Waals surface area contributed by atoms with Gasteiger partial charge in [-0.3, -0.25) is 9.59 Å². The van der Waals surface area contributed by atoms with E-state index in [1.54, 1.807) is 6.92 Å². The molecule has 4 aliphatic carbocycles. The van der Waals surface area contributed by atoms with E-state index in [1.165, 1.54) is 5.57 Å². The molecule has 6 atom stereocenters. The van der Waals surface area contributed by atoms with E-state index >= 15 is 0 Å². The van der Waals surface area contributed by atoms with E-state index < -0.39 is 10.8 Å². The van der Waals surface area contributed by atoms with Gasteiger partial charge in [0, 0.05) is 5.57 Å². The predicted octanol–water partition coefficient (Wildman–Crippen LogP) is 4.00. The average molecular weight is 314 g/mol. The van der Waals surface area contributed by atoms with Crippen molar-refractivity contribution in [2.75, 3.05) is 0 Å². The van der Waals surface area contributed by atoms with E-state index in [0.29, 0.717) is 11.5 Å². The zero-order chi connectivity index (χ0) is 16.7. The van der Waals surface area contributed by atoms with Crippen LogP contribution in [0.15, 0.2) is 23.0 Å². The van der Waals surface area contributed by atoms with Crippen molar-refractivity contribution < 1.29 is 14.7 Å². The third-order valence-electron chi connectivity index (χ3n) is 7.65. The molecule has 0 saturated heterocycles. The van der Waals surface area contributed by atoms with E-state index in [2.05, 4.69) is 26.8 Å². The summed E-state index contributed by atoms with van der Waals surface area (Å²) in [7, 11) is 0. The first-order valence-corrected chi connectivity index (χ1v) is 8.96. The summed E-state index contributed by atoms with van der Waals surface area (Å²) in [5.74, 6) is 0.679. The Morgan fingerprint density at radius 2 is 1.83 bits per heavy atom. The van der Waals surface area contributed by atoms with Crippen LogP contribution >= 0.6 is 0 Å². The topological polar surface area (TPSA) is 54.4 Å². The minimum Gasteiger partial charge on any atom is -0.504 e. The van der Waals surface area contributed by atoms with Crippen LogP contribution in [0.3, 0.4) is 0 Å². The molecule has 0 heterocycles. The van der Waals surface area contributed by atoms with Crippen molar-refractivity contribution in [2.45, 2.75) is 53.4 Å². The summed E-state index contributed by atoms with van der Waals surface area (Å²) in [6, 6.07) is 0. The zero-order valence-electron chi connectivity index (χ0n) is 14.5. The third kappa shape index (κ3) is 1.39. The van der Waals surface area contributed by atoms with Crippen LogP contribution in [0.5, 0.6) is 0 Å². The molecular formula is C20H26O3. The first-order valence-electron chi connectivity index (χ1n) is 8.96. The largest absolute Gasteiger partial charge is 0.504 e.